The third kappa shape index (κ3) is 6.76. The lowest BCUT2D eigenvalue weighted by molar-refractivity contribution is 0.230. The van der Waals surface area contributed by atoms with E-state index in [1.54, 1.807) is 0 Å². The molecule has 0 aliphatic heterocycles. The Labute approximate surface area is 77.0 Å². The quantitative estimate of drug-likeness (QED) is 0.581. The minimum Gasteiger partial charge on any atom is -0.750 e. The second kappa shape index (κ2) is 7.71. The Hall–Kier alpha value is 0.0700. The van der Waals surface area contributed by atoms with Crippen molar-refractivity contribution < 1.29 is 12.9 Å². The van der Waals surface area contributed by atoms with Crippen molar-refractivity contribution in [3.63, 3.8) is 0 Å². The van der Waals surface area contributed by atoms with Crippen LogP contribution in [0.25, 0.3) is 0 Å². The van der Waals surface area contributed by atoms with Crippen molar-refractivity contribution in [1.29, 1.82) is 0 Å². The van der Waals surface area contributed by atoms with Crippen molar-refractivity contribution in [2.45, 2.75) is 39.5 Å². The van der Waals surface area contributed by atoms with Crippen LogP contribution in [0.15, 0.2) is 0 Å². The molecule has 0 aliphatic rings. The lowest BCUT2D eigenvalue weighted by Crippen LogP contribution is -2.09. The van der Waals surface area contributed by atoms with Gasteiger partial charge in [0, 0.05) is 0 Å². The van der Waals surface area contributed by atoms with Crippen LogP contribution in [0.1, 0.15) is 39.5 Å². The molecular weight excluding hydrogens is 176 g/mol. The zero-order valence-electron chi connectivity index (χ0n) is 7.75. The first-order chi connectivity index (χ1) is 5.70. The summed E-state index contributed by atoms with van der Waals surface area (Å²) in [6.45, 7) is 4.52. The van der Waals surface area contributed by atoms with Gasteiger partial charge in [0.15, 0.2) is 0 Å². The molecule has 0 amide bonds. The number of hydrogen-bond donors (Lipinski definition) is 0. The summed E-state index contributed by atoms with van der Waals surface area (Å²) >= 11 is -2.34. The molecule has 0 spiro atoms. The van der Waals surface area contributed by atoms with E-state index in [-0.39, 0.29) is 0 Å². The highest BCUT2D eigenvalue weighted by Gasteiger charge is 2.05. The minimum atomic E-state index is -2.34. The molecule has 2 atom stereocenters. The van der Waals surface area contributed by atoms with Crippen molar-refractivity contribution in [3.8, 4) is 0 Å². The monoisotopic (exact) mass is 193 g/mol. The van der Waals surface area contributed by atoms with Crippen LogP contribution in [-0.2, 0) is 15.5 Å². The molecule has 0 bridgehead atoms. The van der Waals surface area contributed by atoms with Gasteiger partial charge in [0.25, 0.3) is 0 Å². The van der Waals surface area contributed by atoms with Crippen molar-refractivity contribution in [3.05, 3.63) is 0 Å². The van der Waals surface area contributed by atoms with Gasteiger partial charge in [-0.05, 0) is 12.3 Å². The van der Waals surface area contributed by atoms with E-state index < -0.39 is 11.4 Å². The van der Waals surface area contributed by atoms with Crippen LogP contribution in [0.4, 0.5) is 0 Å². The summed E-state index contributed by atoms with van der Waals surface area (Å²) in [6, 6.07) is 0. The average Bonchev–Trinajstić information content (AvgIpc) is 2.05. The van der Waals surface area contributed by atoms with Gasteiger partial charge in [-0.2, -0.15) is 0 Å². The predicted octanol–water partition coefficient (Wildman–Crippen LogP) is 2.01. The molecular formula is C8H17O3S-. The molecule has 0 rings (SSSR count). The summed E-state index contributed by atoms with van der Waals surface area (Å²) in [5.41, 5.74) is 0. The molecule has 2 unspecified atom stereocenters. The number of unbranched alkanes of at least 4 members (excludes halogenated alkanes) is 1. The van der Waals surface area contributed by atoms with Crippen molar-refractivity contribution in [2.75, 3.05) is 6.61 Å². The number of hydrogen-bond acceptors (Lipinski definition) is 3. The van der Waals surface area contributed by atoms with Gasteiger partial charge in [-0.3, -0.25) is 0 Å². The van der Waals surface area contributed by atoms with Gasteiger partial charge in [-0.25, -0.2) is 4.21 Å². The summed E-state index contributed by atoms with van der Waals surface area (Å²) in [6.07, 6.45) is 4.34. The van der Waals surface area contributed by atoms with E-state index >= 15 is 0 Å². The molecule has 12 heavy (non-hydrogen) atoms. The van der Waals surface area contributed by atoms with E-state index in [0.29, 0.717) is 12.5 Å². The topological polar surface area (TPSA) is 49.4 Å². The second-order valence-corrected chi connectivity index (χ2v) is 3.55. The van der Waals surface area contributed by atoms with E-state index in [1.807, 2.05) is 0 Å². The lowest BCUT2D eigenvalue weighted by atomic mass is 10.0. The Bertz CT molecular complexity index is 127. The van der Waals surface area contributed by atoms with Crippen LogP contribution in [0.2, 0.25) is 0 Å². The van der Waals surface area contributed by atoms with E-state index in [9.17, 15) is 8.76 Å². The largest absolute Gasteiger partial charge is 0.750 e. The van der Waals surface area contributed by atoms with Crippen LogP contribution in [-0.4, -0.2) is 15.4 Å². The highest BCUT2D eigenvalue weighted by molar-refractivity contribution is 7.74. The molecule has 3 nitrogen and oxygen atoms in total. The van der Waals surface area contributed by atoms with E-state index in [1.165, 1.54) is 0 Å². The Kier molecular flexibility index (Phi) is 7.75. The Morgan fingerprint density at radius 1 is 1.50 bits per heavy atom. The normalized spacial score (nSPS) is 15.9. The maximum absolute atomic E-state index is 10.1. The molecule has 4 heteroatoms. The fourth-order valence-corrected chi connectivity index (χ4v) is 1.35. The zero-order chi connectivity index (χ0) is 9.40. The maximum atomic E-state index is 10.1. The highest BCUT2D eigenvalue weighted by Crippen LogP contribution is 2.12. The fraction of sp³-hybridized carbons (Fsp3) is 1.00. The van der Waals surface area contributed by atoms with Gasteiger partial charge in [0.2, 0.25) is 0 Å². The number of rotatable bonds is 7. The van der Waals surface area contributed by atoms with Crippen LogP contribution < -0.4 is 0 Å². The molecule has 0 saturated carbocycles. The van der Waals surface area contributed by atoms with Gasteiger partial charge in [-0.15, -0.1) is 0 Å². The van der Waals surface area contributed by atoms with Crippen LogP contribution in [0, 0.1) is 5.92 Å². The third-order valence-corrected chi connectivity index (χ3v) is 2.27. The fourth-order valence-electron chi connectivity index (χ4n) is 1.05. The van der Waals surface area contributed by atoms with E-state index in [0.717, 1.165) is 25.7 Å². The van der Waals surface area contributed by atoms with Gasteiger partial charge >= 0.3 is 0 Å². The molecule has 0 saturated heterocycles. The standard InChI is InChI=1S/C8H18O3S/c1-3-5-6-8(4-2)7-11-12(9)10/h8H,3-7H2,1-2H3,(H,9,10)/p-1. The Morgan fingerprint density at radius 3 is 2.58 bits per heavy atom. The summed E-state index contributed by atoms with van der Waals surface area (Å²) in [4.78, 5) is 0. The molecule has 0 fully saturated rings. The Balaban J connectivity index is 3.45. The predicted molar refractivity (Wildman–Crippen MR) is 48.2 cm³/mol. The van der Waals surface area contributed by atoms with E-state index in [2.05, 4.69) is 18.0 Å². The molecule has 0 heterocycles. The second-order valence-electron chi connectivity index (χ2n) is 2.91. The first kappa shape index (κ1) is 12.1. The van der Waals surface area contributed by atoms with E-state index in [4.69, 9.17) is 0 Å². The summed E-state index contributed by atoms with van der Waals surface area (Å²) in [5.74, 6) is 0.392. The van der Waals surface area contributed by atoms with Crippen molar-refractivity contribution >= 4 is 11.4 Å². The SMILES string of the molecule is CCCCC(CC)COS(=O)[O-]. The smallest absolute Gasteiger partial charge is 0.0842 e. The molecule has 0 aliphatic carbocycles. The molecule has 0 aromatic heterocycles. The summed E-state index contributed by atoms with van der Waals surface area (Å²) in [7, 11) is 0. The van der Waals surface area contributed by atoms with Gasteiger partial charge in [-0.1, -0.05) is 33.1 Å². The summed E-state index contributed by atoms with van der Waals surface area (Å²) in [5, 5.41) is 0. The maximum Gasteiger partial charge on any atom is 0.0842 e. The molecule has 0 radical (unpaired) electrons. The van der Waals surface area contributed by atoms with Crippen LogP contribution >= 0.6 is 0 Å². The first-order valence-corrected chi connectivity index (χ1v) is 5.43. The van der Waals surface area contributed by atoms with Crippen molar-refractivity contribution in [1.82, 2.24) is 0 Å². The van der Waals surface area contributed by atoms with Crippen LogP contribution in [0.3, 0.4) is 0 Å². The zero-order valence-corrected chi connectivity index (χ0v) is 8.56. The average molecular weight is 193 g/mol. The summed E-state index contributed by atoms with van der Waals surface area (Å²) < 4.78 is 24.7. The molecule has 74 valence electrons. The Morgan fingerprint density at radius 2 is 2.17 bits per heavy atom. The van der Waals surface area contributed by atoms with Gasteiger partial charge in [0.1, 0.15) is 0 Å². The highest BCUT2D eigenvalue weighted by atomic mass is 32.2. The lowest BCUT2D eigenvalue weighted by Gasteiger charge is -2.14. The first-order valence-electron chi connectivity index (χ1n) is 4.43. The van der Waals surface area contributed by atoms with Gasteiger partial charge < -0.3 is 8.74 Å². The van der Waals surface area contributed by atoms with Crippen LogP contribution in [0.5, 0.6) is 0 Å². The van der Waals surface area contributed by atoms with Crippen molar-refractivity contribution in [2.24, 2.45) is 5.92 Å². The minimum absolute atomic E-state index is 0.340. The molecule has 0 aromatic carbocycles. The molecule has 0 aromatic rings. The third-order valence-electron chi connectivity index (χ3n) is 1.94. The van der Waals surface area contributed by atoms with Gasteiger partial charge in [0.05, 0.1) is 18.0 Å². The molecule has 0 N–H and O–H groups in total.